The van der Waals surface area contributed by atoms with Crippen LogP contribution in [-0.4, -0.2) is 27.6 Å². The first-order chi connectivity index (χ1) is 16.4. The molecule has 0 bridgehead atoms. The molecule has 4 fully saturated rings. The minimum atomic E-state index is -1.25. The van der Waals surface area contributed by atoms with E-state index in [0.717, 1.165) is 57.8 Å². The molecule has 0 radical (unpaired) electrons. The Hall–Kier alpha value is -1.16. The van der Waals surface area contributed by atoms with Gasteiger partial charge in [0.15, 0.2) is 5.78 Å². The number of aliphatic carboxylic acids is 1. The van der Waals surface area contributed by atoms with E-state index in [2.05, 4.69) is 54.5 Å². The number of fused-ring (bicyclic) bond motifs is 7. The van der Waals surface area contributed by atoms with E-state index in [1.807, 2.05) is 0 Å². The number of aliphatic hydroxyl groups is 1. The van der Waals surface area contributed by atoms with Crippen LogP contribution in [0.4, 0.5) is 0 Å². The standard InChI is InChI=1S/C32H50O4/c1-20(33)32(36)18-14-28(6)23(27(32,4)5)11-12-30(8)24(28)10-9-21-22-19-26(2,3)13-16-31(22,25(34)35)17-15-29(21,30)7/h9,22-24,36H,10-19H2,1-8H3,(H,34,35)/t22-,23-,24+,28-,29+,30+,31-,32+/m0/s1. The van der Waals surface area contributed by atoms with Crippen LogP contribution in [0.5, 0.6) is 0 Å². The van der Waals surface area contributed by atoms with E-state index in [-0.39, 0.29) is 33.4 Å². The summed E-state index contributed by atoms with van der Waals surface area (Å²) in [6.45, 7) is 17.9. The van der Waals surface area contributed by atoms with Gasteiger partial charge in [-0.2, -0.15) is 0 Å². The van der Waals surface area contributed by atoms with Crippen molar-refractivity contribution >= 4 is 11.8 Å². The molecule has 5 rings (SSSR count). The van der Waals surface area contributed by atoms with Gasteiger partial charge >= 0.3 is 5.97 Å². The van der Waals surface area contributed by atoms with Crippen molar-refractivity contribution in [3.63, 3.8) is 0 Å². The van der Waals surface area contributed by atoms with Gasteiger partial charge in [0.05, 0.1) is 5.41 Å². The van der Waals surface area contributed by atoms with Gasteiger partial charge in [0, 0.05) is 5.41 Å². The number of ketones is 1. The van der Waals surface area contributed by atoms with Crippen molar-refractivity contribution in [2.45, 2.75) is 125 Å². The number of hydrogen-bond acceptors (Lipinski definition) is 3. The zero-order valence-corrected chi connectivity index (χ0v) is 24.1. The molecular formula is C32H50O4. The Morgan fingerprint density at radius 1 is 0.861 bits per heavy atom. The number of carboxylic acid groups (broad SMARTS) is 1. The number of carbonyl (C=O) groups excluding carboxylic acids is 1. The third kappa shape index (κ3) is 2.97. The smallest absolute Gasteiger partial charge is 0.310 e. The molecule has 0 aromatic rings. The summed E-state index contributed by atoms with van der Waals surface area (Å²) in [6.07, 6.45) is 11.5. The van der Waals surface area contributed by atoms with Gasteiger partial charge in [-0.15, -0.1) is 0 Å². The molecule has 0 aliphatic heterocycles. The largest absolute Gasteiger partial charge is 0.481 e. The van der Waals surface area contributed by atoms with E-state index in [0.29, 0.717) is 18.3 Å². The topological polar surface area (TPSA) is 74.6 Å². The highest BCUT2D eigenvalue weighted by Crippen LogP contribution is 2.76. The maximum atomic E-state index is 12.8. The average Bonchev–Trinajstić information content (AvgIpc) is 2.76. The van der Waals surface area contributed by atoms with Gasteiger partial charge in [-0.05, 0) is 111 Å². The van der Waals surface area contributed by atoms with E-state index in [1.54, 1.807) is 6.92 Å². The van der Waals surface area contributed by atoms with Gasteiger partial charge in [0.2, 0.25) is 0 Å². The number of hydrogen-bond donors (Lipinski definition) is 2. The fourth-order valence-electron chi connectivity index (χ4n) is 11.2. The van der Waals surface area contributed by atoms with Gasteiger partial charge in [-0.3, -0.25) is 9.59 Å². The second-order valence-corrected chi connectivity index (χ2v) is 15.8. The SMILES string of the molecule is CC(=O)[C@]1(O)CC[C@]2(C)[C@H]3CC=C4[C@@H]5CC(C)(C)CC[C@]5(C(=O)O)CC[C@@]4(C)[C@]3(C)CC[C@H]2C1(C)C. The molecule has 0 aromatic carbocycles. The van der Waals surface area contributed by atoms with Crippen LogP contribution in [0.1, 0.15) is 120 Å². The molecule has 4 heteroatoms. The van der Waals surface area contributed by atoms with Gasteiger partial charge in [0.1, 0.15) is 5.60 Å². The first-order valence-electron chi connectivity index (χ1n) is 14.6. The quantitative estimate of drug-likeness (QED) is 0.395. The first kappa shape index (κ1) is 26.4. The minimum Gasteiger partial charge on any atom is -0.481 e. The Morgan fingerprint density at radius 2 is 1.50 bits per heavy atom. The van der Waals surface area contributed by atoms with Crippen molar-refractivity contribution < 1.29 is 19.8 Å². The molecule has 5 aliphatic carbocycles. The highest BCUT2D eigenvalue weighted by atomic mass is 16.4. The lowest BCUT2D eigenvalue weighted by Crippen LogP contribution is -2.68. The number of carboxylic acids is 1. The van der Waals surface area contributed by atoms with Crippen molar-refractivity contribution in [3.8, 4) is 0 Å². The van der Waals surface area contributed by atoms with Gasteiger partial charge < -0.3 is 10.2 Å². The first-order valence-corrected chi connectivity index (χ1v) is 14.6. The van der Waals surface area contributed by atoms with Gasteiger partial charge in [-0.1, -0.05) is 60.1 Å². The van der Waals surface area contributed by atoms with E-state index in [9.17, 15) is 19.8 Å². The van der Waals surface area contributed by atoms with E-state index < -0.39 is 22.4 Å². The third-order valence-corrected chi connectivity index (χ3v) is 13.9. The number of Topliss-reactive ketones (excluding diaryl/α,β-unsaturated/α-hetero) is 1. The Kier molecular flexibility index (Phi) is 5.50. The van der Waals surface area contributed by atoms with Crippen LogP contribution in [0.3, 0.4) is 0 Å². The molecule has 36 heavy (non-hydrogen) atoms. The summed E-state index contributed by atoms with van der Waals surface area (Å²) in [7, 11) is 0. The molecule has 202 valence electrons. The maximum absolute atomic E-state index is 12.8. The Balaban J connectivity index is 1.59. The lowest BCUT2D eigenvalue weighted by Gasteiger charge is -2.72. The lowest BCUT2D eigenvalue weighted by molar-refractivity contribution is -0.230. The van der Waals surface area contributed by atoms with Crippen LogP contribution < -0.4 is 0 Å². The summed E-state index contributed by atoms with van der Waals surface area (Å²) >= 11 is 0. The zero-order valence-electron chi connectivity index (χ0n) is 24.1. The summed E-state index contributed by atoms with van der Waals surface area (Å²) in [5, 5.41) is 22.1. The number of carbonyl (C=O) groups is 2. The molecular weight excluding hydrogens is 448 g/mol. The van der Waals surface area contributed by atoms with Crippen molar-refractivity contribution in [1.29, 1.82) is 0 Å². The molecule has 4 saturated carbocycles. The summed E-state index contributed by atoms with van der Waals surface area (Å²) in [5.74, 6) is 0.234. The second kappa shape index (κ2) is 7.48. The van der Waals surface area contributed by atoms with Crippen molar-refractivity contribution in [1.82, 2.24) is 0 Å². The summed E-state index contributed by atoms with van der Waals surface area (Å²) in [6, 6.07) is 0. The molecule has 0 saturated heterocycles. The van der Waals surface area contributed by atoms with Crippen molar-refractivity contribution in [2.75, 3.05) is 0 Å². The molecule has 0 spiro atoms. The van der Waals surface area contributed by atoms with E-state index in [4.69, 9.17) is 0 Å². The molecule has 0 unspecified atom stereocenters. The molecule has 2 N–H and O–H groups in total. The molecule has 8 atom stereocenters. The van der Waals surface area contributed by atoms with Crippen LogP contribution >= 0.6 is 0 Å². The maximum Gasteiger partial charge on any atom is 0.310 e. The van der Waals surface area contributed by atoms with Gasteiger partial charge in [-0.25, -0.2) is 0 Å². The molecule has 5 aliphatic rings. The lowest BCUT2D eigenvalue weighted by atomic mass is 9.32. The normalized spacial score (nSPS) is 51.0. The molecule has 0 aromatic heterocycles. The van der Waals surface area contributed by atoms with Crippen LogP contribution in [0.2, 0.25) is 0 Å². The fraction of sp³-hybridized carbons (Fsp3) is 0.875. The highest BCUT2D eigenvalue weighted by Gasteiger charge is 2.71. The summed E-state index contributed by atoms with van der Waals surface area (Å²) < 4.78 is 0. The van der Waals surface area contributed by atoms with Crippen LogP contribution in [0.15, 0.2) is 11.6 Å². The number of allylic oxidation sites excluding steroid dienone is 2. The monoisotopic (exact) mass is 498 g/mol. The van der Waals surface area contributed by atoms with E-state index in [1.165, 1.54) is 5.57 Å². The summed E-state index contributed by atoms with van der Waals surface area (Å²) in [4.78, 5) is 25.5. The van der Waals surface area contributed by atoms with Crippen LogP contribution in [0.25, 0.3) is 0 Å². The van der Waals surface area contributed by atoms with Crippen molar-refractivity contribution in [3.05, 3.63) is 11.6 Å². The molecule has 0 amide bonds. The van der Waals surface area contributed by atoms with Gasteiger partial charge in [0.25, 0.3) is 0 Å². The van der Waals surface area contributed by atoms with Crippen LogP contribution in [-0.2, 0) is 9.59 Å². The Labute approximate surface area is 218 Å². The fourth-order valence-corrected chi connectivity index (χ4v) is 11.2. The predicted molar refractivity (Wildman–Crippen MR) is 142 cm³/mol. The van der Waals surface area contributed by atoms with Crippen LogP contribution in [0, 0.1) is 50.2 Å². The summed E-state index contributed by atoms with van der Waals surface area (Å²) in [5.41, 5.74) is -0.530. The minimum absolute atomic E-state index is 0.000593. The third-order valence-electron chi connectivity index (χ3n) is 13.9. The molecule has 0 heterocycles. The molecule has 4 nitrogen and oxygen atoms in total. The predicted octanol–water partition coefficient (Wildman–Crippen LogP) is 7.19. The van der Waals surface area contributed by atoms with Crippen molar-refractivity contribution in [2.24, 2.45) is 50.2 Å². The zero-order chi connectivity index (χ0) is 26.7. The second-order valence-electron chi connectivity index (χ2n) is 15.8. The van der Waals surface area contributed by atoms with E-state index >= 15 is 0 Å². The Morgan fingerprint density at radius 3 is 2.11 bits per heavy atom. The highest BCUT2D eigenvalue weighted by molar-refractivity contribution is 5.86. The average molecular weight is 499 g/mol. The Bertz CT molecular complexity index is 1020. The number of rotatable bonds is 2.